The predicted molar refractivity (Wildman–Crippen MR) is 110 cm³/mol. The van der Waals surface area contributed by atoms with Crippen LogP contribution in [0.5, 0.6) is 0 Å². The number of nitrogens with zero attached hydrogens (tertiary/aromatic N) is 2. The van der Waals surface area contributed by atoms with Gasteiger partial charge in [-0.05, 0) is 36.2 Å². The molecule has 1 amide bonds. The van der Waals surface area contributed by atoms with E-state index >= 15 is 0 Å². The monoisotopic (exact) mass is 386 g/mol. The highest BCUT2D eigenvalue weighted by molar-refractivity contribution is 5.94. The summed E-state index contributed by atoms with van der Waals surface area (Å²) < 4.78 is 0. The normalized spacial score (nSPS) is 11.9. The molecule has 4 rings (SSSR count). The van der Waals surface area contributed by atoms with Crippen molar-refractivity contribution in [1.29, 1.82) is 0 Å². The Hall–Kier alpha value is -4.00. The van der Waals surface area contributed by atoms with Crippen LogP contribution in [0.15, 0.2) is 78.9 Å². The highest BCUT2D eigenvalue weighted by Gasteiger charge is 2.20. The van der Waals surface area contributed by atoms with Gasteiger partial charge in [0.15, 0.2) is 0 Å². The summed E-state index contributed by atoms with van der Waals surface area (Å²) in [5.74, 6) is 0.339. The smallest absolute Gasteiger partial charge is 0.269 e. The number of carbonyl (C=O) groups is 1. The number of aromatic amines is 1. The van der Waals surface area contributed by atoms with Crippen molar-refractivity contribution in [2.75, 3.05) is 0 Å². The third kappa shape index (κ3) is 4.14. The lowest BCUT2D eigenvalue weighted by molar-refractivity contribution is -0.384. The van der Waals surface area contributed by atoms with Crippen molar-refractivity contribution in [1.82, 2.24) is 15.3 Å². The van der Waals surface area contributed by atoms with Crippen LogP contribution in [-0.2, 0) is 6.42 Å². The molecule has 0 fully saturated rings. The minimum absolute atomic E-state index is 0.0559. The first kappa shape index (κ1) is 18.4. The maximum absolute atomic E-state index is 12.8. The second-order valence-corrected chi connectivity index (χ2v) is 6.66. The van der Waals surface area contributed by atoms with Crippen molar-refractivity contribution in [2.45, 2.75) is 12.5 Å². The van der Waals surface area contributed by atoms with Crippen molar-refractivity contribution in [3.63, 3.8) is 0 Å². The molecule has 0 aliphatic rings. The summed E-state index contributed by atoms with van der Waals surface area (Å²) in [6.45, 7) is 0. The first-order chi connectivity index (χ1) is 14.1. The minimum Gasteiger partial charge on any atom is -0.342 e. The number of aromatic nitrogens is 2. The van der Waals surface area contributed by atoms with E-state index in [2.05, 4.69) is 15.3 Å². The fraction of sp³-hybridized carbons (Fsp3) is 0.0909. The molecule has 0 saturated heterocycles. The summed E-state index contributed by atoms with van der Waals surface area (Å²) >= 11 is 0. The number of fused-ring (bicyclic) bond motifs is 1. The SMILES string of the molecule is O=C(NC(Cc1ccccc1)c1nc2ccccc2[nH]1)c1ccc([N+](=O)[O-])cc1. The zero-order valence-corrected chi connectivity index (χ0v) is 15.4. The summed E-state index contributed by atoms with van der Waals surface area (Å²) in [4.78, 5) is 31.0. The number of non-ortho nitro benzene ring substituents is 1. The number of benzene rings is 3. The Balaban J connectivity index is 1.62. The highest BCUT2D eigenvalue weighted by atomic mass is 16.6. The Morgan fingerprint density at radius 2 is 1.69 bits per heavy atom. The van der Waals surface area contributed by atoms with Crippen molar-refractivity contribution in [3.05, 3.63) is 106 Å². The van der Waals surface area contributed by atoms with Gasteiger partial charge in [-0.2, -0.15) is 0 Å². The number of rotatable bonds is 6. The van der Waals surface area contributed by atoms with E-state index in [0.717, 1.165) is 16.6 Å². The molecule has 7 heteroatoms. The van der Waals surface area contributed by atoms with Gasteiger partial charge in [-0.15, -0.1) is 0 Å². The number of carbonyl (C=O) groups excluding carboxylic acids is 1. The molecule has 1 atom stereocenters. The number of para-hydroxylation sites is 2. The van der Waals surface area contributed by atoms with Crippen LogP contribution in [0, 0.1) is 10.1 Å². The summed E-state index contributed by atoms with van der Waals surface area (Å²) in [6.07, 6.45) is 0.555. The van der Waals surface area contributed by atoms with E-state index in [9.17, 15) is 14.9 Å². The Morgan fingerprint density at radius 1 is 1.00 bits per heavy atom. The van der Waals surface area contributed by atoms with Crippen LogP contribution in [0.25, 0.3) is 11.0 Å². The molecule has 1 unspecified atom stereocenters. The maximum atomic E-state index is 12.8. The second kappa shape index (κ2) is 7.93. The number of nitro groups is 1. The third-order valence-electron chi connectivity index (χ3n) is 4.67. The van der Waals surface area contributed by atoms with E-state index in [1.807, 2.05) is 54.6 Å². The molecule has 0 spiro atoms. The van der Waals surface area contributed by atoms with Crippen LogP contribution in [0.3, 0.4) is 0 Å². The van der Waals surface area contributed by atoms with Crippen molar-refractivity contribution in [3.8, 4) is 0 Å². The van der Waals surface area contributed by atoms with E-state index in [1.165, 1.54) is 24.3 Å². The minimum atomic E-state index is -0.492. The third-order valence-corrected chi connectivity index (χ3v) is 4.67. The Bertz CT molecular complexity index is 1120. The first-order valence-corrected chi connectivity index (χ1v) is 9.14. The van der Waals surface area contributed by atoms with Crippen molar-refractivity contribution < 1.29 is 9.72 Å². The maximum Gasteiger partial charge on any atom is 0.269 e. The van der Waals surface area contributed by atoms with Crippen LogP contribution >= 0.6 is 0 Å². The number of amides is 1. The van der Waals surface area contributed by atoms with Crippen LogP contribution in [0.1, 0.15) is 27.8 Å². The number of nitrogens with one attached hydrogen (secondary N) is 2. The molecule has 7 nitrogen and oxygen atoms in total. The average Bonchev–Trinajstić information content (AvgIpc) is 3.18. The van der Waals surface area contributed by atoms with E-state index in [1.54, 1.807) is 0 Å². The molecular formula is C22H18N4O3. The number of H-pyrrole nitrogens is 1. The number of hydrogen-bond donors (Lipinski definition) is 2. The summed E-state index contributed by atoms with van der Waals surface area (Å²) in [6, 6.07) is 22.7. The van der Waals surface area contributed by atoms with E-state index in [0.29, 0.717) is 17.8 Å². The summed E-state index contributed by atoms with van der Waals surface area (Å²) in [7, 11) is 0. The number of nitro benzene ring substituents is 1. The predicted octanol–water partition coefficient (Wildman–Crippen LogP) is 4.18. The summed E-state index contributed by atoms with van der Waals surface area (Å²) in [5.41, 5.74) is 3.07. The van der Waals surface area contributed by atoms with Crippen LogP contribution in [-0.4, -0.2) is 20.8 Å². The van der Waals surface area contributed by atoms with Crippen molar-refractivity contribution in [2.24, 2.45) is 0 Å². The van der Waals surface area contributed by atoms with Gasteiger partial charge in [-0.1, -0.05) is 42.5 Å². The molecule has 1 aromatic heterocycles. The quantitative estimate of drug-likeness (QED) is 0.383. The fourth-order valence-electron chi connectivity index (χ4n) is 3.18. The molecule has 0 aliphatic heterocycles. The van der Waals surface area contributed by atoms with E-state index < -0.39 is 4.92 Å². The van der Waals surface area contributed by atoms with Gasteiger partial charge in [-0.25, -0.2) is 4.98 Å². The van der Waals surface area contributed by atoms with Crippen LogP contribution in [0.2, 0.25) is 0 Å². The summed E-state index contributed by atoms with van der Waals surface area (Å²) in [5, 5.41) is 13.8. The fourth-order valence-corrected chi connectivity index (χ4v) is 3.18. The lowest BCUT2D eigenvalue weighted by Crippen LogP contribution is -2.30. The van der Waals surface area contributed by atoms with Gasteiger partial charge in [-0.3, -0.25) is 14.9 Å². The van der Waals surface area contributed by atoms with Crippen LogP contribution < -0.4 is 5.32 Å². The van der Waals surface area contributed by atoms with Crippen molar-refractivity contribution >= 4 is 22.6 Å². The van der Waals surface area contributed by atoms with E-state index in [-0.39, 0.29) is 17.6 Å². The van der Waals surface area contributed by atoms with Gasteiger partial charge >= 0.3 is 0 Å². The highest BCUT2D eigenvalue weighted by Crippen LogP contribution is 2.21. The molecule has 29 heavy (non-hydrogen) atoms. The lowest BCUT2D eigenvalue weighted by Gasteiger charge is -2.17. The standard InChI is InChI=1S/C22H18N4O3/c27-22(16-10-12-17(13-11-16)26(28)29)25-20(14-15-6-2-1-3-7-15)21-23-18-8-4-5-9-19(18)24-21/h1-13,20H,14H2,(H,23,24)(H,25,27). The Labute approximate surface area is 166 Å². The first-order valence-electron chi connectivity index (χ1n) is 9.14. The van der Waals surface area contributed by atoms with Gasteiger partial charge in [0.25, 0.3) is 11.6 Å². The zero-order chi connectivity index (χ0) is 20.2. The Kier molecular flexibility index (Phi) is 5.03. The Morgan fingerprint density at radius 3 is 2.38 bits per heavy atom. The van der Waals surface area contributed by atoms with Gasteiger partial charge in [0.05, 0.1) is 22.0 Å². The molecule has 4 aromatic rings. The van der Waals surface area contributed by atoms with Gasteiger partial charge in [0, 0.05) is 17.7 Å². The van der Waals surface area contributed by atoms with Gasteiger partial charge in [0.2, 0.25) is 0 Å². The lowest BCUT2D eigenvalue weighted by atomic mass is 10.0. The van der Waals surface area contributed by atoms with Gasteiger partial charge in [0.1, 0.15) is 5.82 Å². The van der Waals surface area contributed by atoms with Gasteiger partial charge < -0.3 is 10.3 Å². The number of imidazole rings is 1. The molecule has 3 aromatic carbocycles. The molecule has 0 radical (unpaired) electrons. The second-order valence-electron chi connectivity index (χ2n) is 6.66. The molecule has 0 aliphatic carbocycles. The molecule has 144 valence electrons. The van der Waals surface area contributed by atoms with E-state index in [4.69, 9.17) is 0 Å². The molecule has 0 bridgehead atoms. The van der Waals surface area contributed by atoms with Crippen LogP contribution in [0.4, 0.5) is 5.69 Å². The molecular weight excluding hydrogens is 368 g/mol. The largest absolute Gasteiger partial charge is 0.342 e. The molecule has 1 heterocycles. The topological polar surface area (TPSA) is 101 Å². The number of hydrogen-bond acceptors (Lipinski definition) is 4. The zero-order valence-electron chi connectivity index (χ0n) is 15.4. The molecule has 2 N–H and O–H groups in total. The molecule has 0 saturated carbocycles. The average molecular weight is 386 g/mol.